The largest absolute Gasteiger partial charge is 0.481 e. The molecule has 0 bridgehead atoms. The second-order valence-corrected chi connectivity index (χ2v) is 4.89. The van der Waals surface area contributed by atoms with Gasteiger partial charge >= 0.3 is 5.97 Å². The summed E-state index contributed by atoms with van der Waals surface area (Å²) in [5, 5.41) is 20.9. The first-order valence-electron chi connectivity index (χ1n) is 6.94. The van der Waals surface area contributed by atoms with Gasteiger partial charge in [-0.2, -0.15) is 5.26 Å². The summed E-state index contributed by atoms with van der Waals surface area (Å²) in [6.45, 7) is 0.0384. The van der Waals surface area contributed by atoms with Crippen molar-refractivity contribution >= 4 is 22.8 Å². The molecule has 3 aromatic heterocycles. The van der Waals surface area contributed by atoms with Crippen molar-refractivity contribution in [3.63, 3.8) is 0 Å². The number of carboxylic acids is 1. The Morgan fingerprint density at radius 2 is 2.25 bits per heavy atom. The Balaban J connectivity index is 1.98. The highest BCUT2D eigenvalue weighted by molar-refractivity contribution is 5.92. The number of aromatic amines is 1. The van der Waals surface area contributed by atoms with Crippen LogP contribution in [0.2, 0.25) is 0 Å². The van der Waals surface area contributed by atoms with E-state index in [-0.39, 0.29) is 24.6 Å². The standard InChI is InChI=1S/C15H11FN6O2/c16-11-7-21-14(22-15(11)18-2-1-12(23)24)10-6-20-13-9(10)3-8(4-17)5-19-13/h3,5-7H,1-2H2,(H,19,20)(H,23,24)(H,18,21,22). The smallest absolute Gasteiger partial charge is 0.305 e. The van der Waals surface area contributed by atoms with Gasteiger partial charge in [0.1, 0.15) is 11.7 Å². The Kier molecular flexibility index (Phi) is 4.03. The minimum absolute atomic E-state index is 0.0384. The molecule has 0 aliphatic rings. The summed E-state index contributed by atoms with van der Waals surface area (Å²) in [4.78, 5) is 25.6. The lowest BCUT2D eigenvalue weighted by molar-refractivity contribution is -0.136. The molecule has 0 fully saturated rings. The number of carboxylic acid groups (broad SMARTS) is 1. The lowest BCUT2D eigenvalue weighted by Crippen LogP contribution is -2.10. The quantitative estimate of drug-likeness (QED) is 0.653. The topological polar surface area (TPSA) is 128 Å². The number of anilines is 1. The number of nitrogens with one attached hydrogen (secondary N) is 2. The lowest BCUT2D eigenvalue weighted by Gasteiger charge is -2.06. The van der Waals surface area contributed by atoms with Crippen LogP contribution in [-0.2, 0) is 4.79 Å². The summed E-state index contributed by atoms with van der Waals surface area (Å²) in [5.41, 5.74) is 1.50. The third-order valence-corrected chi connectivity index (χ3v) is 3.28. The number of rotatable bonds is 5. The average molecular weight is 326 g/mol. The van der Waals surface area contributed by atoms with Crippen LogP contribution < -0.4 is 5.32 Å². The third-order valence-electron chi connectivity index (χ3n) is 3.28. The van der Waals surface area contributed by atoms with Crippen molar-refractivity contribution < 1.29 is 14.3 Å². The first-order valence-corrected chi connectivity index (χ1v) is 6.94. The molecule has 0 aromatic carbocycles. The van der Waals surface area contributed by atoms with Crippen LogP contribution in [0.15, 0.2) is 24.7 Å². The monoisotopic (exact) mass is 326 g/mol. The number of aliphatic carboxylic acids is 1. The summed E-state index contributed by atoms with van der Waals surface area (Å²) < 4.78 is 13.8. The number of fused-ring (bicyclic) bond motifs is 1. The van der Waals surface area contributed by atoms with Gasteiger partial charge in [0.25, 0.3) is 0 Å². The second-order valence-electron chi connectivity index (χ2n) is 4.89. The van der Waals surface area contributed by atoms with Gasteiger partial charge in [-0.25, -0.2) is 19.3 Å². The van der Waals surface area contributed by atoms with Crippen LogP contribution in [0.25, 0.3) is 22.4 Å². The van der Waals surface area contributed by atoms with E-state index in [4.69, 9.17) is 10.4 Å². The van der Waals surface area contributed by atoms with Crippen molar-refractivity contribution in [1.29, 1.82) is 5.26 Å². The molecule has 3 heterocycles. The van der Waals surface area contributed by atoms with E-state index in [0.717, 1.165) is 6.20 Å². The fourth-order valence-electron chi connectivity index (χ4n) is 2.16. The van der Waals surface area contributed by atoms with E-state index in [2.05, 4.69) is 25.3 Å². The first-order chi connectivity index (χ1) is 11.6. The predicted octanol–water partition coefficient (Wildman–Crippen LogP) is 1.92. The Labute approximate surface area is 135 Å². The van der Waals surface area contributed by atoms with E-state index in [1.54, 1.807) is 12.3 Å². The molecule has 8 nitrogen and oxygen atoms in total. The molecule has 9 heteroatoms. The predicted molar refractivity (Wildman–Crippen MR) is 82.5 cm³/mol. The van der Waals surface area contributed by atoms with Gasteiger partial charge in [-0.05, 0) is 6.07 Å². The molecule has 0 saturated carbocycles. The van der Waals surface area contributed by atoms with Gasteiger partial charge in [0.15, 0.2) is 17.5 Å². The van der Waals surface area contributed by atoms with Gasteiger partial charge in [0.2, 0.25) is 0 Å². The number of pyridine rings is 1. The summed E-state index contributed by atoms with van der Waals surface area (Å²) in [5.74, 6) is -1.53. The number of hydrogen-bond donors (Lipinski definition) is 3. The highest BCUT2D eigenvalue weighted by Gasteiger charge is 2.13. The Hall–Kier alpha value is -3.54. The number of aromatic nitrogens is 4. The Morgan fingerprint density at radius 1 is 1.42 bits per heavy atom. The van der Waals surface area contributed by atoms with Crippen LogP contribution in [0.3, 0.4) is 0 Å². The Morgan fingerprint density at radius 3 is 3.00 bits per heavy atom. The van der Waals surface area contributed by atoms with Gasteiger partial charge in [-0.15, -0.1) is 0 Å². The van der Waals surface area contributed by atoms with Crippen molar-refractivity contribution in [3.8, 4) is 17.5 Å². The van der Waals surface area contributed by atoms with Crippen molar-refractivity contribution in [2.75, 3.05) is 11.9 Å². The molecular weight excluding hydrogens is 315 g/mol. The zero-order chi connectivity index (χ0) is 17.1. The van der Waals surface area contributed by atoms with Crippen LogP contribution in [0.5, 0.6) is 0 Å². The molecule has 3 rings (SSSR count). The molecule has 0 amide bonds. The van der Waals surface area contributed by atoms with Gasteiger partial charge in [0.05, 0.1) is 18.2 Å². The lowest BCUT2D eigenvalue weighted by atomic mass is 10.1. The SMILES string of the molecule is N#Cc1cnc2[nH]cc(-c3ncc(F)c(NCCC(=O)O)n3)c2c1. The molecule has 24 heavy (non-hydrogen) atoms. The number of nitrogens with zero attached hydrogens (tertiary/aromatic N) is 4. The van der Waals surface area contributed by atoms with E-state index in [1.807, 2.05) is 6.07 Å². The van der Waals surface area contributed by atoms with Crippen LogP contribution in [0.4, 0.5) is 10.2 Å². The zero-order valence-electron chi connectivity index (χ0n) is 12.2. The number of nitriles is 1. The summed E-state index contributed by atoms with van der Waals surface area (Å²) in [6, 6.07) is 3.64. The summed E-state index contributed by atoms with van der Waals surface area (Å²) in [6.07, 6.45) is 3.90. The maximum Gasteiger partial charge on any atom is 0.305 e. The third kappa shape index (κ3) is 2.98. The van der Waals surface area contributed by atoms with E-state index >= 15 is 0 Å². The Bertz CT molecular complexity index is 962. The fraction of sp³-hybridized carbons (Fsp3) is 0.133. The highest BCUT2D eigenvalue weighted by Crippen LogP contribution is 2.26. The van der Waals surface area contributed by atoms with Crippen LogP contribution >= 0.6 is 0 Å². The fourth-order valence-corrected chi connectivity index (χ4v) is 2.16. The molecule has 0 atom stereocenters. The second kappa shape index (κ2) is 6.29. The molecule has 0 spiro atoms. The molecule has 0 radical (unpaired) electrons. The minimum atomic E-state index is -0.996. The molecule has 0 aliphatic heterocycles. The van der Waals surface area contributed by atoms with Crippen molar-refractivity contribution in [3.05, 3.63) is 36.0 Å². The molecule has 120 valence electrons. The number of carbonyl (C=O) groups is 1. The summed E-state index contributed by atoms with van der Waals surface area (Å²) >= 11 is 0. The van der Waals surface area contributed by atoms with E-state index in [1.165, 1.54) is 6.20 Å². The number of hydrogen-bond acceptors (Lipinski definition) is 6. The normalized spacial score (nSPS) is 10.5. The number of halogens is 1. The average Bonchev–Trinajstić information content (AvgIpc) is 2.99. The van der Waals surface area contributed by atoms with E-state index in [9.17, 15) is 9.18 Å². The van der Waals surface area contributed by atoms with Crippen LogP contribution in [-0.4, -0.2) is 37.6 Å². The van der Waals surface area contributed by atoms with Gasteiger partial charge in [-0.3, -0.25) is 4.79 Å². The molecule has 0 aliphatic carbocycles. The number of H-pyrrole nitrogens is 1. The molecular formula is C15H11FN6O2. The van der Waals surface area contributed by atoms with Crippen LogP contribution in [0, 0.1) is 17.1 Å². The maximum absolute atomic E-state index is 13.8. The molecule has 0 unspecified atom stereocenters. The van der Waals surface area contributed by atoms with Crippen molar-refractivity contribution in [2.45, 2.75) is 6.42 Å². The molecule has 0 saturated heterocycles. The van der Waals surface area contributed by atoms with Gasteiger partial charge < -0.3 is 15.4 Å². The van der Waals surface area contributed by atoms with Gasteiger partial charge in [0, 0.05) is 29.9 Å². The van der Waals surface area contributed by atoms with Gasteiger partial charge in [-0.1, -0.05) is 0 Å². The molecule has 3 N–H and O–H groups in total. The summed E-state index contributed by atoms with van der Waals surface area (Å²) in [7, 11) is 0. The van der Waals surface area contributed by atoms with E-state index in [0.29, 0.717) is 22.2 Å². The molecule has 3 aromatic rings. The highest BCUT2D eigenvalue weighted by atomic mass is 19.1. The zero-order valence-corrected chi connectivity index (χ0v) is 12.2. The van der Waals surface area contributed by atoms with Crippen LogP contribution in [0.1, 0.15) is 12.0 Å². The van der Waals surface area contributed by atoms with E-state index < -0.39 is 11.8 Å². The van der Waals surface area contributed by atoms with Crippen molar-refractivity contribution in [1.82, 2.24) is 19.9 Å². The maximum atomic E-state index is 13.8. The first kappa shape index (κ1) is 15.4. The minimum Gasteiger partial charge on any atom is -0.481 e. The van der Waals surface area contributed by atoms with Crippen molar-refractivity contribution in [2.24, 2.45) is 0 Å².